The molecule has 3 aromatic rings. The summed E-state index contributed by atoms with van der Waals surface area (Å²) in [5.74, 6) is 0.574. The van der Waals surface area contributed by atoms with Crippen molar-refractivity contribution < 1.29 is 4.79 Å². The lowest BCUT2D eigenvalue weighted by molar-refractivity contribution is 0.102. The second-order valence-corrected chi connectivity index (χ2v) is 4.87. The second kappa shape index (κ2) is 5.24. The van der Waals surface area contributed by atoms with E-state index in [1.165, 1.54) is 0 Å². The van der Waals surface area contributed by atoms with Gasteiger partial charge < -0.3 is 10.2 Å². The molecule has 2 N–H and O–H groups in total. The summed E-state index contributed by atoms with van der Waals surface area (Å²) in [6, 6.07) is 11.2. The van der Waals surface area contributed by atoms with Gasteiger partial charge in [-0.2, -0.15) is 5.10 Å². The molecule has 1 amide bonds. The van der Waals surface area contributed by atoms with Crippen LogP contribution in [-0.2, 0) is 0 Å². The lowest BCUT2D eigenvalue weighted by atomic mass is 10.2. The Morgan fingerprint density at radius 3 is 2.71 bits per heavy atom. The third-order valence-electron chi connectivity index (χ3n) is 3.15. The van der Waals surface area contributed by atoms with E-state index in [1.54, 1.807) is 6.20 Å². The fraction of sp³-hybridized carbons (Fsp3) is 0.133. The van der Waals surface area contributed by atoms with E-state index in [9.17, 15) is 4.79 Å². The van der Waals surface area contributed by atoms with Crippen molar-refractivity contribution in [3.8, 4) is 0 Å². The van der Waals surface area contributed by atoms with Gasteiger partial charge in [0.25, 0.3) is 5.91 Å². The molecule has 2 heterocycles. The molecule has 6 nitrogen and oxygen atoms in total. The van der Waals surface area contributed by atoms with Gasteiger partial charge in [0.1, 0.15) is 5.82 Å². The first-order valence-corrected chi connectivity index (χ1v) is 6.53. The number of pyridine rings is 1. The van der Waals surface area contributed by atoms with Gasteiger partial charge in [-0.05, 0) is 18.2 Å². The van der Waals surface area contributed by atoms with E-state index < -0.39 is 0 Å². The van der Waals surface area contributed by atoms with Crippen LogP contribution in [0.2, 0.25) is 0 Å². The van der Waals surface area contributed by atoms with E-state index in [2.05, 4.69) is 20.5 Å². The second-order valence-electron chi connectivity index (χ2n) is 4.87. The highest BCUT2D eigenvalue weighted by Gasteiger charge is 2.14. The normalized spacial score (nSPS) is 10.6. The van der Waals surface area contributed by atoms with E-state index in [0.717, 1.165) is 16.7 Å². The van der Waals surface area contributed by atoms with E-state index in [4.69, 9.17) is 0 Å². The summed E-state index contributed by atoms with van der Waals surface area (Å²) in [5, 5.41) is 10.5. The molecule has 0 aliphatic heterocycles. The number of amides is 1. The Kier molecular flexibility index (Phi) is 3.27. The maximum atomic E-state index is 12.3. The Hall–Kier alpha value is -2.89. The number of para-hydroxylation sites is 1. The number of fused-ring (bicyclic) bond motifs is 1. The Morgan fingerprint density at radius 1 is 1.19 bits per heavy atom. The lowest BCUT2D eigenvalue weighted by Gasteiger charge is -2.11. The molecule has 0 aliphatic carbocycles. The fourth-order valence-corrected chi connectivity index (χ4v) is 2.05. The SMILES string of the molecule is CN(C)c1ccc(NC(=O)c2n[nH]c3ccccc23)cn1. The molecule has 6 heteroatoms. The Balaban J connectivity index is 1.83. The molecule has 0 saturated heterocycles. The van der Waals surface area contributed by atoms with Crippen LogP contribution < -0.4 is 10.2 Å². The maximum Gasteiger partial charge on any atom is 0.276 e. The molecule has 0 fully saturated rings. The quantitative estimate of drug-likeness (QED) is 0.772. The monoisotopic (exact) mass is 281 g/mol. The molecule has 21 heavy (non-hydrogen) atoms. The number of aromatic amines is 1. The van der Waals surface area contributed by atoms with Crippen molar-refractivity contribution in [2.45, 2.75) is 0 Å². The first kappa shape index (κ1) is 13.1. The number of hydrogen-bond donors (Lipinski definition) is 2. The molecule has 0 saturated carbocycles. The lowest BCUT2D eigenvalue weighted by Crippen LogP contribution is -2.14. The Bertz CT molecular complexity index is 776. The molecule has 0 atom stereocenters. The zero-order chi connectivity index (χ0) is 14.8. The van der Waals surface area contributed by atoms with E-state index in [-0.39, 0.29) is 5.91 Å². The Morgan fingerprint density at radius 2 is 2.00 bits per heavy atom. The van der Waals surface area contributed by atoms with Crippen LogP contribution in [-0.4, -0.2) is 35.2 Å². The molecule has 0 bridgehead atoms. The average Bonchev–Trinajstić information content (AvgIpc) is 2.92. The van der Waals surface area contributed by atoms with Gasteiger partial charge in [-0.25, -0.2) is 4.98 Å². The number of nitrogens with one attached hydrogen (secondary N) is 2. The van der Waals surface area contributed by atoms with Crippen molar-refractivity contribution in [3.63, 3.8) is 0 Å². The minimum Gasteiger partial charge on any atom is -0.363 e. The van der Waals surface area contributed by atoms with Crippen LogP contribution in [0, 0.1) is 0 Å². The van der Waals surface area contributed by atoms with Crippen LogP contribution in [0.15, 0.2) is 42.6 Å². The number of carbonyl (C=O) groups is 1. The summed E-state index contributed by atoms with van der Waals surface area (Å²) >= 11 is 0. The van der Waals surface area contributed by atoms with Crippen molar-refractivity contribution in [1.29, 1.82) is 0 Å². The summed E-state index contributed by atoms with van der Waals surface area (Å²) in [6.07, 6.45) is 1.63. The fourth-order valence-electron chi connectivity index (χ4n) is 2.05. The number of rotatable bonds is 3. The van der Waals surface area contributed by atoms with Gasteiger partial charge >= 0.3 is 0 Å². The molecule has 0 unspecified atom stereocenters. The smallest absolute Gasteiger partial charge is 0.276 e. The highest BCUT2D eigenvalue weighted by atomic mass is 16.1. The van der Waals surface area contributed by atoms with E-state index >= 15 is 0 Å². The predicted molar refractivity (Wildman–Crippen MR) is 82.6 cm³/mol. The maximum absolute atomic E-state index is 12.3. The summed E-state index contributed by atoms with van der Waals surface area (Å²) in [4.78, 5) is 18.4. The van der Waals surface area contributed by atoms with Crippen LogP contribution in [0.1, 0.15) is 10.5 Å². The van der Waals surface area contributed by atoms with Crippen molar-refractivity contribution in [1.82, 2.24) is 15.2 Å². The molecule has 0 aliphatic rings. The molecule has 0 spiro atoms. The first-order chi connectivity index (χ1) is 10.1. The third-order valence-corrected chi connectivity index (χ3v) is 3.15. The van der Waals surface area contributed by atoms with Crippen molar-refractivity contribution >= 4 is 28.3 Å². The van der Waals surface area contributed by atoms with Gasteiger partial charge in [0, 0.05) is 19.5 Å². The highest BCUT2D eigenvalue weighted by Crippen LogP contribution is 2.17. The summed E-state index contributed by atoms with van der Waals surface area (Å²) < 4.78 is 0. The van der Waals surface area contributed by atoms with Gasteiger partial charge in [0.15, 0.2) is 5.69 Å². The third kappa shape index (κ3) is 2.55. The molecule has 106 valence electrons. The molecule has 1 aromatic carbocycles. The van der Waals surface area contributed by atoms with Crippen molar-refractivity contribution in [3.05, 3.63) is 48.3 Å². The number of carbonyl (C=O) groups excluding carboxylic acids is 1. The predicted octanol–water partition coefficient (Wildman–Crippen LogP) is 2.28. The first-order valence-electron chi connectivity index (χ1n) is 6.53. The van der Waals surface area contributed by atoms with Gasteiger partial charge in [-0.15, -0.1) is 0 Å². The van der Waals surface area contributed by atoms with Gasteiger partial charge in [0.05, 0.1) is 17.4 Å². The number of anilines is 2. The number of H-pyrrole nitrogens is 1. The van der Waals surface area contributed by atoms with E-state index in [1.807, 2.05) is 55.4 Å². The molecule has 3 rings (SSSR count). The minimum atomic E-state index is -0.258. The number of nitrogens with zero attached hydrogens (tertiary/aromatic N) is 3. The van der Waals surface area contributed by atoms with Crippen LogP contribution in [0.4, 0.5) is 11.5 Å². The van der Waals surface area contributed by atoms with Crippen molar-refractivity contribution in [2.24, 2.45) is 0 Å². The topological polar surface area (TPSA) is 73.9 Å². The average molecular weight is 281 g/mol. The minimum absolute atomic E-state index is 0.258. The zero-order valence-corrected chi connectivity index (χ0v) is 11.8. The van der Waals surface area contributed by atoms with Crippen LogP contribution in [0.5, 0.6) is 0 Å². The molecular weight excluding hydrogens is 266 g/mol. The summed E-state index contributed by atoms with van der Waals surface area (Å²) in [5.41, 5.74) is 1.85. The number of benzene rings is 1. The van der Waals surface area contributed by atoms with Gasteiger partial charge in [0.2, 0.25) is 0 Å². The Labute approximate surface area is 121 Å². The number of hydrogen-bond acceptors (Lipinski definition) is 4. The van der Waals surface area contributed by atoms with Crippen LogP contribution >= 0.6 is 0 Å². The summed E-state index contributed by atoms with van der Waals surface area (Å²) in [7, 11) is 3.83. The van der Waals surface area contributed by atoms with Crippen LogP contribution in [0.25, 0.3) is 10.9 Å². The zero-order valence-electron chi connectivity index (χ0n) is 11.8. The molecular formula is C15H15N5O. The number of aromatic nitrogens is 3. The summed E-state index contributed by atoms with van der Waals surface area (Å²) in [6.45, 7) is 0. The molecule has 0 radical (unpaired) electrons. The standard InChI is InChI=1S/C15H15N5O/c1-20(2)13-8-7-10(9-16-13)17-15(21)14-11-5-3-4-6-12(11)18-19-14/h3-9H,1-2H3,(H,17,21)(H,18,19). The highest BCUT2D eigenvalue weighted by molar-refractivity contribution is 6.11. The van der Waals surface area contributed by atoms with E-state index in [0.29, 0.717) is 11.4 Å². The largest absolute Gasteiger partial charge is 0.363 e. The van der Waals surface area contributed by atoms with Crippen LogP contribution in [0.3, 0.4) is 0 Å². The van der Waals surface area contributed by atoms with Gasteiger partial charge in [-0.1, -0.05) is 18.2 Å². The van der Waals surface area contributed by atoms with Gasteiger partial charge in [-0.3, -0.25) is 9.89 Å². The molecule has 2 aromatic heterocycles. The van der Waals surface area contributed by atoms with Crippen molar-refractivity contribution in [2.75, 3.05) is 24.3 Å².